The Hall–Kier alpha value is -3.96. The summed E-state index contributed by atoms with van der Waals surface area (Å²) in [4.78, 5) is 36.9. The molecule has 3 aromatic heterocycles. The van der Waals surface area contributed by atoms with Crippen molar-refractivity contribution in [2.75, 3.05) is 10.6 Å². The third-order valence-corrected chi connectivity index (χ3v) is 4.47. The van der Waals surface area contributed by atoms with Crippen LogP contribution in [0.25, 0.3) is 0 Å². The fourth-order valence-electron chi connectivity index (χ4n) is 2.80. The Kier molecular flexibility index (Phi) is 5.17. The van der Waals surface area contributed by atoms with Crippen LogP contribution < -0.4 is 10.6 Å². The Labute approximate surface area is 165 Å². The first-order valence-electron chi connectivity index (χ1n) is 8.67. The Bertz CT molecular complexity index is 1110. The number of nitrogens with zero attached hydrogens (tertiary/aromatic N) is 6. The van der Waals surface area contributed by atoms with E-state index in [4.69, 9.17) is 0 Å². The van der Waals surface area contributed by atoms with Gasteiger partial charge in [-0.1, -0.05) is 0 Å². The number of carbonyl (C=O) groups excluding carboxylic acids is 2. The van der Waals surface area contributed by atoms with Gasteiger partial charge in [0.05, 0.1) is 35.7 Å². The van der Waals surface area contributed by atoms with E-state index in [0.717, 1.165) is 16.6 Å². The van der Waals surface area contributed by atoms with E-state index >= 15 is 0 Å². The maximum absolute atomic E-state index is 12.9. The minimum absolute atomic E-state index is 0.128. The molecule has 29 heavy (non-hydrogen) atoms. The molecule has 0 bridgehead atoms. The van der Waals surface area contributed by atoms with Gasteiger partial charge in [-0.15, -0.1) is 0 Å². The topological polar surface area (TPSA) is 149 Å². The van der Waals surface area contributed by atoms with Gasteiger partial charge in [0, 0.05) is 20.6 Å². The molecule has 0 fully saturated rings. The SMILES string of the molecule is CCn1ncc(NC(=O)c2c(C(=O)O)cnn2C)c1C(=O)Nc1cnn(C)c1C. The molecule has 0 radical (unpaired) electrons. The van der Waals surface area contributed by atoms with Crippen LogP contribution in [0.15, 0.2) is 18.6 Å². The minimum Gasteiger partial charge on any atom is -0.478 e. The van der Waals surface area contributed by atoms with Crippen molar-refractivity contribution in [3.63, 3.8) is 0 Å². The van der Waals surface area contributed by atoms with E-state index in [0.29, 0.717) is 12.2 Å². The summed E-state index contributed by atoms with van der Waals surface area (Å²) >= 11 is 0. The molecular formula is C17H20N8O4. The molecule has 152 valence electrons. The molecule has 0 saturated carbocycles. The largest absolute Gasteiger partial charge is 0.478 e. The number of aromatic carboxylic acids is 1. The van der Waals surface area contributed by atoms with E-state index in [1.165, 1.54) is 24.1 Å². The highest BCUT2D eigenvalue weighted by Gasteiger charge is 2.25. The minimum atomic E-state index is -1.28. The summed E-state index contributed by atoms with van der Waals surface area (Å²) in [6.07, 6.45) is 3.95. The lowest BCUT2D eigenvalue weighted by atomic mass is 10.2. The Morgan fingerprint density at radius 1 is 0.931 bits per heavy atom. The molecule has 2 amide bonds. The number of aromatic nitrogens is 6. The van der Waals surface area contributed by atoms with Gasteiger partial charge in [-0.3, -0.25) is 23.6 Å². The summed E-state index contributed by atoms with van der Waals surface area (Å²) in [5.74, 6) is -2.48. The van der Waals surface area contributed by atoms with Gasteiger partial charge in [0.2, 0.25) is 0 Å². The fraction of sp³-hybridized carbons (Fsp3) is 0.294. The zero-order chi connectivity index (χ0) is 21.3. The quantitative estimate of drug-likeness (QED) is 0.556. The molecule has 0 atom stereocenters. The lowest BCUT2D eigenvalue weighted by molar-refractivity contribution is 0.0692. The molecule has 0 saturated heterocycles. The summed E-state index contributed by atoms with van der Waals surface area (Å²) in [6.45, 7) is 3.99. The molecule has 12 nitrogen and oxygen atoms in total. The van der Waals surface area contributed by atoms with Crippen LogP contribution in [0, 0.1) is 6.92 Å². The molecule has 12 heteroatoms. The highest BCUT2D eigenvalue weighted by Crippen LogP contribution is 2.20. The highest BCUT2D eigenvalue weighted by atomic mass is 16.4. The number of anilines is 2. The highest BCUT2D eigenvalue weighted by molar-refractivity contribution is 6.13. The monoisotopic (exact) mass is 400 g/mol. The van der Waals surface area contributed by atoms with E-state index in [2.05, 4.69) is 25.9 Å². The van der Waals surface area contributed by atoms with E-state index < -0.39 is 17.8 Å². The van der Waals surface area contributed by atoms with Gasteiger partial charge in [0.1, 0.15) is 17.0 Å². The fourth-order valence-corrected chi connectivity index (χ4v) is 2.80. The van der Waals surface area contributed by atoms with Crippen molar-refractivity contribution in [3.8, 4) is 0 Å². The van der Waals surface area contributed by atoms with Gasteiger partial charge in [0.15, 0.2) is 0 Å². The predicted octanol–water partition coefficient (Wildman–Crippen LogP) is 0.881. The molecular weight excluding hydrogens is 380 g/mol. The van der Waals surface area contributed by atoms with E-state index in [1.54, 1.807) is 25.6 Å². The Balaban J connectivity index is 1.92. The van der Waals surface area contributed by atoms with Gasteiger partial charge in [0.25, 0.3) is 11.8 Å². The second kappa shape index (κ2) is 7.58. The molecule has 0 aliphatic rings. The molecule has 0 aromatic carbocycles. The van der Waals surface area contributed by atoms with Crippen molar-refractivity contribution >= 4 is 29.2 Å². The van der Waals surface area contributed by atoms with Crippen molar-refractivity contribution in [1.82, 2.24) is 29.3 Å². The molecule has 0 aliphatic carbocycles. The average Bonchev–Trinajstić information content (AvgIpc) is 3.34. The van der Waals surface area contributed by atoms with Crippen LogP contribution in [0.4, 0.5) is 11.4 Å². The molecule has 3 N–H and O–H groups in total. The van der Waals surface area contributed by atoms with Gasteiger partial charge in [-0.25, -0.2) is 4.79 Å². The third kappa shape index (κ3) is 3.59. The molecule has 3 heterocycles. The number of carbonyl (C=O) groups is 3. The van der Waals surface area contributed by atoms with Crippen LogP contribution in [-0.2, 0) is 20.6 Å². The van der Waals surface area contributed by atoms with Crippen LogP contribution in [0.3, 0.4) is 0 Å². The van der Waals surface area contributed by atoms with Crippen LogP contribution in [0.2, 0.25) is 0 Å². The van der Waals surface area contributed by atoms with Gasteiger partial charge < -0.3 is 15.7 Å². The molecule has 0 aliphatic heterocycles. The summed E-state index contributed by atoms with van der Waals surface area (Å²) in [5.41, 5.74) is 1.17. The molecule has 0 spiro atoms. The average molecular weight is 400 g/mol. The van der Waals surface area contributed by atoms with Crippen molar-refractivity contribution in [2.24, 2.45) is 14.1 Å². The molecule has 3 aromatic rings. The summed E-state index contributed by atoms with van der Waals surface area (Å²) in [6, 6.07) is 0. The van der Waals surface area contributed by atoms with Crippen LogP contribution in [0.5, 0.6) is 0 Å². The van der Waals surface area contributed by atoms with E-state index in [9.17, 15) is 19.5 Å². The summed E-state index contributed by atoms with van der Waals surface area (Å²) in [7, 11) is 3.20. The number of carboxylic acid groups (broad SMARTS) is 1. The van der Waals surface area contributed by atoms with Gasteiger partial charge in [-0.05, 0) is 13.8 Å². The van der Waals surface area contributed by atoms with Crippen molar-refractivity contribution in [1.29, 1.82) is 0 Å². The third-order valence-electron chi connectivity index (χ3n) is 4.47. The Morgan fingerprint density at radius 3 is 2.10 bits per heavy atom. The normalized spacial score (nSPS) is 10.8. The number of carboxylic acids is 1. The maximum Gasteiger partial charge on any atom is 0.339 e. The number of hydrogen-bond acceptors (Lipinski definition) is 6. The standard InChI is InChI=1S/C17H20N8O4/c1-5-25-14(16(27)21-11-7-19-23(3)9(11)2)12(8-20-25)22-15(26)13-10(17(28)29)6-18-24(13)4/h6-8H,5H2,1-4H3,(H,21,27)(H,22,26)(H,28,29). The molecule has 0 unspecified atom stereocenters. The number of nitrogens with one attached hydrogen (secondary N) is 2. The first kappa shape index (κ1) is 19.8. The van der Waals surface area contributed by atoms with Crippen molar-refractivity contribution in [2.45, 2.75) is 20.4 Å². The van der Waals surface area contributed by atoms with E-state index in [-0.39, 0.29) is 22.6 Å². The zero-order valence-corrected chi connectivity index (χ0v) is 16.3. The number of amides is 2. The maximum atomic E-state index is 12.9. The number of rotatable bonds is 6. The summed E-state index contributed by atoms with van der Waals surface area (Å²) in [5, 5.41) is 26.6. The van der Waals surface area contributed by atoms with Gasteiger partial charge in [-0.2, -0.15) is 15.3 Å². The lowest BCUT2D eigenvalue weighted by Gasteiger charge is -2.10. The zero-order valence-electron chi connectivity index (χ0n) is 16.3. The number of aryl methyl sites for hydroxylation is 3. The Morgan fingerprint density at radius 2 is 1.52 bits per heavy atom. The first-order valence-corrected chi connectivity index (χ1v) is 8.67. The predicted molar refractivity (Wildman–Crippen MR) is 102 cm³/mol. The molecule has 3 rings (SSSR count). The summed E-state index contributed by atoms with van der Waals surface area (Å²) < 4.78 is 4.20. The second-order valence-electron chi connectivity index (χ2n) is 6.23. The number of hydrogen-bond donors (Lipinski definition) is 3. The smallest absolute Gasteiger partial charge is 0.339 e. The van der Waals surface area contributed by atoms with Crippen molar-refractivity contribution < 1.29 is 19.5 Å². The van der Waals surface area contributed by atoms with Crippen molar-refractivity contribution in [3.05, 3.63) is 41.2 Å². The van der Waals surface area contributed by atoms with E-state index in [1.807, 2.05) is 0 Å². The lowest BCUT2D eigenvalue weighted by Crippen LogP contribution is -2.23. The van der Waals surface area contributed by atoms with Crippen LogP contribution >= 0.6 is 0 Å². The van der Waals surface area contributed by atoms with Crippen LogP contribution in [0.1, 0.15) is 44.0 Å². The van der Waals surface area contributed by atoms with Gasteiger partial charge >= 0.3 is 5.97 Å². The first-order chi connectivity index (χ1) is 13.7. The second-order valence-corrected chi connectivity index (χ2v) is 6.23. The van der Waals surface area contributed by atoms with Crippen LogP contribution in [-0.4, -0.2) is 52.2 Å².